The maximum atomic E-state index is 11.1. The van der Waals surface area contributed by atoms with Crippen molar-refractivity contribution < 1.29 is 4.79 Å². The van der Waals surface area contributed by atoms with Crippen molar-refractivity contribution in [2.75, 3.05) is 0 Å². The molecule has 0 heterocycles. The molecule has 0 aromatic heterocycles. The zero-order valence-electron chi connectivity index (χ0n) is 7.43. The molecule has 10 heavy (non-hydrogen) atoms. The van der Waals surface area contributed by atoms with Gasteiger partial charge in [0, 0.05) is 11.5 Å². The number of hydrogen-bond acceptors (Lipinski definition) is 1. The quantitative estimate of drug-likeness (QED) is 0.546. The van der Waals surface area contributed by atoms with E-state index >= 15 is 0 Å². The second kappa shape index (κ2) is 3.04. The molecule has 2 heteroatoms. The standard InChI is InChI=1S/C8H16NO/c1-6(2)9-7(10)8(3,4)5/h6H,1-5H3. The minimum Gasteiger partial charge on any atom is -0.272 e. The van der Waals surface area contributed by atoms with Gasteiger partial charge in [0.15, 0.2) is 0 Å². The molecule has 0 aliphatic rings. The van der Waals surface area contributed by atoms with Crippen molar-refractivity contribution in [2.24, 2.45) is 5.41 Å². The van der Waals surface area contributed by atoms with Crippen LogP contribution in [0.2, 0.25) is 0 Å². The molecular formula is C8H16NO. The third-order valence-corrected chi connectivity index (χ3v) is 1.02. The molecule has 0 N–H and O–H groups in total. The highest BCUT2D eigenvalue weighted by Gasteiger charge is 2.22. The first kappa shape index (κ1) is 9.47. The van der Waals surface area contributed by atoms with E-state index in [0.29, 0.717) is 0 Å². The third kappa shape index (κ3) is 3.49. The van der Waals surface area contributed by atoms with Crippen molar-refractivity contribution in [1.82, 2.24) is 5.32 Å². The van der Waals surface area contributed by atoms with Gasteiger partial charge in [0.05, 0.1) is 0 Å². The molecule has 0 bridgehead atoms. The van der Waals surface area contributed by atoms with Crippen LogP contribution in [0.5, 0.6) is 0 Å². The second-order valence-corrected chi connectivity index (χ2v) is 3.78. The van der Waals surface area contributed by atoms with Gasteiger partial charge in [0.25, 0.3) is 0 Å². The Bertz CT molecular complexity index is 122. The van der Waals surface area contributed by atoms with E-state index in [1.807, 2.05) is 34.6 Å². The van der Waals surface area contributed by atoms with E-state index < -0.39 is 0 Å². The molecule has 1 amide bonds. The van der Waals surface area contributed by atoms with Crippen molar-refractivity contribution in [1.29, 1.82) is 0 Å². The van der Waals surface area contributed by atoms with Crippen molar-refractivity contribution in [3.63, 3.8) is 0 Å². The Labute approximate surface area is 63.0 Å². The maximum absolute atomic E-state index is 11.1. The van der Waals surface area contributed by atoms with Crippen LogP contribution in [0.25, 0.3) is 0 Å². The summed E-state index contributed by atoms with van der Waals surface area (Å²) in [5.41, 5.74) is -0.315. The van der Waals surface area contributed by atoms with Gasteiger partial charge in [-0.05, 0) is 13.8 Å². The summed E-state index contributed by atoms with van der Waals surface area (Å²) < 4.78 is 0. The molecule has 0 saturated carbocycles. The van der Waals surface area contributed by atoms with Crippen LogP contribution in [0.3, 0.4) is 0 Å². The molecule has 0 aliphatic heterocycles. The lowest BCUT2D eigenvalue weighted by molar-refractivity contribution is -0.129. The van der Waals surface area contributed by atoms with Crippen molar-refractivity contribution in [2.45, 2.75) is 40.7 Å². The Morgan fingerprint density at radius 3 is 1.80 bits per heavy atom. The van der Waals surface area contributed by atoms with Crippen molar-refractivity contribution in [3.8, 4) is 0 Å². The second-order valence-electron chi connectivity index (χ2n) is 3.78. The van der Waals surface area contributed by atoms with E-state index in [2.05, 4.69) is 5.32 Å². The SMILES string of the molecule is CC(C)[N]C(=O)C(C)(C)C. The first-order valence-corrected chi connectivity index (χ1v) is 3.59. The summed E-state index contributed by atoms with van der Waals surface area (Å²) in [5.74, 6) is -0.0116. The Morgan fingerprint density at radius 1 is 1.30 bits per heavy atom. The van der Waals surface area contributed by atoms with E-state index in [1.165, 1.54) is 0 Å². The molecule has 0 atom stereocenters. The number of amides is 1. The normalized spacial score (nSPS) is 11.8. The Hall–Kier alpha value is -0.530. The van der Waals surface area contributed by atoms with Crippen LogP contribution in [0.4, 0.5) is 0 Å². The molecule has 0 aromatic rings. The Morgan fingerprint density at radius 2 is 1.70 bits per heavy atom. The van der Waals surface area contributed by atoms with Gasteiger partial charge in [-0.25, -0.2) is 5.32 Å². The van der Waals surface area contributed by atoms with Crippen LogP contribution >= 0.6 is 0 Å². The monoisotopic (exact) mass is 142 g/mol. The highest BCUT2D eigenvalue weighted by atomic mass is 16.2. The summed E-state index contributed by atoms with van der Waals surface area (Å²) in [4.78, 5) is 11.1. The van der Waals surface area contributed by atoms with Gasteiger partial charge in [0.2, 0.25) is 5.91 Å². The third-order valence-electron chi connectivity index (χ3n) is 1.02. The van der Waals surface area contributed by atoms with E-state index in [-0.39, 0.29) is 17.4 Å². The van der Waals surface area contributed by atoms with E-state index in [4.69, 9.17) is 0 Å². The average molecular weight is 142 g/mol. The van der Waals surface area contributed by atoms with E-state index in [1.54, 1.807) is 0 Å². The summed E-state index contributed by atoms with van der Waals surface area (Å²) in [6.45, 7) is 9.44. The Kier molecular flexibility index (Phi) is 2.88. The first-order valence-electron chi connectivity index (χ1n) is 3.59. The lowest BCUT2D eigenvalue weighted by Crippen LogP contribution is -2.33. The number of nitrogens with zero attached hydrogens (tertiary/aromatic N) is 1. The summed E-state index contributed by atoms with van der Waals surface area (Å²) in [6.07, 6.45) is 0. The summed E-state index contributed by atoms with van der Waals surface area (Å²) in [7, 11) is 0. The average Bonchev–Trinajstić information content (AvgIpc) is 1.60. The van der Waals surface area contributed by atoms with Crippen LogP contribution in [-0.4, -0.2) is 11.9 Å². The fourth-order valence-electron chi connectivity index (χ4n) is 0.428. The van der Waals surface area contributed by atoms with Gasteiger partial charge in [0.1, 0.15) is 0 Å². The van der Waals surface area contributed by atoms with Crippen molar-refractivity contribution >= 4 is 5.91 Å². The fourth-order valence-corrected chi connectivity index (χ4v) is 0.428. The predicted molar refractivity (Wildman–Crippen MR) is 41.7 cm³/mol. The van der Waals surface area contributed by atoms with Crippen LogP contribution in [0.1, 0.15) is 34.6 Å². The molecular weight excluding hydrogens is 126 g/mol. The van der Waals surface area contributed by atoms with Crippen molar-refractivity contribution in [3.05, 3.63) is 0 Å². The molecule has 0 saturated heterocycles. The fraction of sp³-hybridized carbons (Fsp3) is 0.875. The van der Waals surface area contributed by atoms with Crippen LogP contribution in [-0.2, 0) is 4.79 Å². The maximum Gasteiger partial charge on any atom is 0.246 e. The lowest BCUT2D eigenvalue weighted by Gasteiger charge is -2.16. The highest BCUT2D eigenvalue weighted by Crippen LogP contribution is 2.13. The number of hydrogen-bond donors (Lipinski definition) is 0. The number of carbonyl (C=O) groups excluding carboxylic acids is 1. The van der Waals surface area contributed by atoms with Crippen LogP contribution in [0.15, 0.2) is 0 Å². The van der Waals surface area contributed by atoms with Crippen LogP contribution in [0, 0.1) is 5.41 Å². The predicted octanol–water partition coefficient (Wildman–Crippen LogP) is 1.57. The molecule has 59 valence electrons. The van der Waals surface area contributed by atoms with Gasteiger partial charge in [-0.15, -0.1) is 0 Å². The molecule has 0 spiro atoms. The number of rotatable bonds is 1. The molecule has 2 nitrogen and oxygen atoms in total. The molecule has 0 aromatic carbocycles. The summed E-state index contributed by atoms with van der Waals surface area (Å²) in [6, 6.07) is 0.117. The molecule has 0 fully saturated rings. The van der Waals surface area contributed by atoms with Gasteiger partial charge in [-0.2, -0.15) is 0 Å². The Balaban J connectivity index is 3.87. The minimum absolute atomic E-state index is 0.0116. The van der Waals surface area contributed by atoms with Gasteiger partial charge in [-0.3, -0.25) is 4.79 Å². The minimum atomic E-state index is -0.315. The number of carbonyl (C=O) groups is 1. The smallest absolute Gasteiger partial charge is 0.246 e. The van der Waals surface area contributed by atoms with E-state index in [0.717, 1.165) is 0 Å². The van der Waals surface area contributed by atoms with Gasteiger partial charge >= 0.3 is 0 Å². The van der Waals surface area contributed by atoms with Crippen LogP contribution < -0.4 is 5.32 Å². The topological polar surface area (TPSA) is 31.2 Å². The molecule has 0 aliphatic carbocycles. The summed E-state index contributed by atoms with van der Waals surface area (Å²) >= 11 is 0. The van der Waals surface area contributed by atoms with Gasteiger partial charge in [-0.1, -0.05) is 20.8 Å². The highest BCUT2D eigenvalue weighted by molar-refractivity contribution is 5.81. The lowest BCUT2D eigenvalue weighted by atomic mass is 9.95. The molecule has 0 rings (SSSR count). The largest absolute Gasteiger partial charge is 0.272 e. The zero-order valence-corrected chi connectivity index (χ0v) is 7.43. The first-order chi connectivity index (χ1) is 4.34. The van der Waals surface area contributed by atoms with E-state index in [9.17, 15) is 4.79 Å². The molecule has 0 unspecified atom stereocenters. The molecule has 1 radical (unpaired) electrons. The zero-order chi connectivity index (χ0) is 8.36. The summed E-state index contributed by atoms with van der Waals surface area (Å²) in [5, 5.41) is 3.91. The van der Waals surface area contributed by atoms with Gasteiger partial charge < -0.3 is 0 Å².